The zero-order valence-electron chi connectivity index (χ0n) is 14.2. The van der Waals surface area contributed by atoms with Gasteiger partial charge >= 0.3 is 0 Å². The number of rotatable bonds is 6. The number of nitrogens with one attached hydrogen (secondary N) is 1. The Labute approximate surface area is 131 Å². The second-order valence-electron chi connectivity index (χ2n) is 7.70. The molecule has 0 aromatic carbocycles. The van der Waals surface area contributed by atoms with E-state index in [1.54, 1.807) is 0 Å². The van der Waals surface area contributed by atoms with Crippen LogP contribution in [-0.4, -0.2) is 60.6 Å². The molecule has 1 saturated carbocycles. The van der Waals surface area contributed by atoms with E-state index in [0.29, 0.717) is 6.04 Å². The Morgan fingerprint density at radius 3 is 2.48 bits per heavy atom. The lowest BCUT2D eigenvalue weighted by atomic mass is 9.90. The van der Waals surface area contributed by atoms with E-state index in [0.717, 1.165) is 18.0 Å². The van der Waals surface area contributed by atoms with Crippen molar-refractivity contribution in [3.63, 3.8) is 0 Å². The molecule has 2 aliphatic heterocycles. The molecule has 3 heteroatoms. The van der Waals surface area contributed by atoms with E-state index in [2.05, 4.69) is 29.0 Å². The Morgan fingerprint density at radius 1 is 1.05 bits per heavy atom. The summed E-state index contributed by atoms with van der Waals surface area (Å²) >= 11 is 0. The fourth-order valence-electron chi connectivity index (χ4n) is 4.40. The van der Waals surface area contributed by atoms with Crippen molar-refractivity contribution in [1.82, 2.24) is 15.1 Å². The molecule has 2 atom stereocenters. The minimum Gasteiger partial charge on any atom is -0.311 e. The van der Waals surface area contributed by atoms with E-state index in [9.17, 15) is 0 Å². The minimum absolute atomic E-state index is 0.696. The predicted octanol–water partition coefficient (Wildman–Crippen LogP) is 2.71. The maximum Gasteiger partial charge on any atom is 0.00964 e. The average molecular weight is 293 g/mol. The van der Waals surface area contributed by atoms with Gasteiger partial charge in [-0.2, -0.15) is 0 Å². The van der Waals surface area contributed by atoms with Crippen LogP contribution in [0.4, 0.5) is 0 Å². The molecule has 0 aromatic heterocycles. The van der Waals surface area contributed by atoms with E-state index < -0.39 is 0 Å². The van der Waals surface area contributed by atoms with Crippen LogP contribution in [0.5, 0.6) is 0 Å². The summed E-state index contributed by atoms with van der Waals surface area (Å²) in [5.41, 5.74) is 0. The summed E-state index contributed by atoms with van der Waals surface area (Å²) in [5, 5.41) is 3.98. The van der Waals surface area contributed by atoms with Gasteiger partial charge in [0.25, 0.3) is 0 Å². The first kappa shape index (κ1) is 15.8. The van der Waals surface area contributed by atoms with Gasteiger partial charge in [-0.05, 0) is 84.0 Å². The molecule has 21 heavy (non-hydrogen) atoms. The Bertz CT molecular complexity index is 306. The van der Waals surface area contributed by atoms with Crippen molar-refractivity contribution < 1.29 is 0 Å². The molecule has 3 aliphatic rings. The van der Waals surface area contributed by atoms with Crippen LogP contribution < -0.4 is 5.32 Å². The number of nitrogens with zero attached hydrogens (tertiary/aromatic N) is 2. The molecular formula is C18H35N3. The Morgan fingerprint density at radius 2 is 1.81 bits per heavy atom. The van der Waals surface area contributed by atoms with Crippen molar-refractivity contribution in [2.75, 3.05) is 32.7 Å². The lowest BCUT2D eigenvalue weighted by molar-refractivity contribution is 0.132. The number of likely N-dealkylation sites (tertiary alicyclic amines) is 2. The van der Waals surface area contributed by atoms with Crippen molar-refractivity contribution in [3.05, 3.63) is 0 Å². The van der Waals surface area contributed by atoms with Gasteiger partial charge in [-0.25, -0.2) is 0 Å². The van der Waals surface area contributed by atoms with Crippen molar-refractivity contribution in [2.45, 2.75) is 76.9 Å². The van der Waals surface area contributed by atoms with Gasteiger partial charge < -0.3 is 15.1 Å². The fourth-order valence-corrected chi connectivity index (χ4v) is 4.40. The SMILES string of the molecule is CCCN1CCCC(C(C)NC2CCN(C3CC3)CC2)C1. The molecule has 3 fully saturated rings. The minimum atomic E-state index is 0.696. The zero-order valence-corrected chi connectivity index (χ0v) is 14.2. The summed E-state index contributed by atoms with van der Waals surface area (Å²) in [4.78, 5) is 5.41. The van der Waals surface area contributed by atoms with Crippen LogP contribution in [0, 0.1) is 5.92 Å². The molecule has 122 valence electrons. The van der Waals surface area contributed by atoms with Gasteiger partial charge in [0.1, 0.15) is 0 Å². The highest BCUT2D eigenvalue weighted by atomic mass is 15.2. The van der Waals surface area contributed by atoms with Crippen LogP contribution in [0.25, 0.3) is 0 Å². The first-order chi connectivity index (χ1) is 10.3. The molecule has 0 bridgehead atoms. The largest absolute Gasteiger partial charge is 0.311 e. The highest BCUT2D eigenvalue weighted by molar-refractivity contribution is 4.90. The third-order valence-corrected chi connectivity index (χ3v) is 5.88. The van der Waals surface area contributed by atoms with Crippen molar-refractivity contribution >= 4 is 0 Å². The molecule has 1 aliphatic carbocycles. The molecule has 0 radical (unpaired) electrons. The van der Waals surface area contributed by atoms with Crippen LogP contribution in [0.2, 0.25) is 0 Å². The second-order valence-corrected chi connectivity index (χ2v) is 7.70. The molecule has 0 aromatic rings. The first-order valence-electron chi connectivity index (χ1n) is 9.48. The van der Waals surface area contributed by atoms with E-state index in [-0.39, 0.29) is 0 Å². The summed E-state index contributed by atoms with van der Waals surface area (Å²) in [5.74, 6) is 0.867. The summed E-state index contributed by atoms with van der Waals surface area (Å²) in [6.07, 6.45) is 9.78. The standard InChI is InChI=1S/C18H35N3/c1-3-10-20-11-4-5-16(14-20)15(2)19-17-8-12-21(13-9-17)18-6-7-18/h15-19H,3-14H2,1-2H3. The molecule has 0 amide bonds. The molecule has 1 N–H and O–H groups in total. The van der Waals surface area contributed by atoms with Gasteiger partial charge in [0.05, 0.1) is 0 Å². The third-order valence-electron chi connectivity index (χ3n) is 5.88. The monoisotopic (exact) mass is 293 g/mol. The van der Waals surface area contributed by atoms with E-state index in [4.69, 9.17) is 0 Å². The summed E-state index contributed by atoms with van der Waals surface area (Å²) in [7, 11) is 0. The Balaban J connectivity index is 1.40. The lowest BCUT2D eigenvalue weighted by Gasteiger charge is -2.39. The van der Waals surface area contributed by atoms with Crippen LogP contribution >= 0.6 is 0 Å². The van der Waals surface area contributed by atoms with Crippen molar-refractivity contribution in [3.8, 4) is 0 Å². The van der Waals surface area contributed by atoms with Gasteiger partial charge in [-0.15, -0.1) is 0 Å². The third kappa shape index (κ3) is 4.43. The van der Waals surface area contributed by atoms with E-state index in [1.165, 1.54) is 77.7 Å². The van der Waals surface area contributed by atoms with Crippen molar-refractivity contribution in [2.24, 2.45) is 5.92 Å². The quantitative estimate of drug-likeness (QED) is 0.812. The molecule has 0 spiro atoms. The lowest BCUT2D eigenvalue weighted by Crippen LogP contribution is -2.50. The van der Waals surface area contributed by atoms with E-state index in [1.807, 2.05) is 0 Å². The topological polar surface area (TPSA) is 18.5 Å². The molecule has 2 heterocycles. The Hall–Kier alpha value is -0.120. The highest BCUT2D eigenvalue weighted by Gasteiger charge is 2.33. The normalized spacial score (nSPS) is 31.4. The smallest absolute Gasteiger partial charge is 0.00964 e. The number of piperidine rings is 2. The second kappa shape index (κ2) is 7.43. The molecular weight excluding hydrogens is 258 g/mol. The van der Waals surface area contributed by atoms with Crippen LogP contribution in [0.1, 0.15) is 58.8 Å². The van der Waals surface area contributed by atoms with Crippen LogP contribution in [-0.2, 0) is 0 Å². The summed E-state index contributed by atoms with van der Waals surface area (Å²) in [6, 6.07) is 2.43. The average Bonchev–Trinajstić information content (AvgIpc) is 3.33. The molecule has 2 unspecified atom stereocenters. The summed E-state index contributed by atoms with van der Waals surface area (Å²) < 4.78 is 0. The Kier molecular flexibility index (Phi) is 5.58. The van der Waals surface area contributed by atoms with Gasteiger partial charge in [0, 0.05) is 24.7 Å². The van der Waals surface area contributed by atoms with Gasteiger partial charge in [-0.1, -0.05) is 6.92 Å². The van der Waals surface area contributed by atoms with Gasteiger partial charge in [0.2, 0.25) is 0 Å². The summed E-state index contributed by atoms with van der Waals surface area (Å²) in [6.45, 7) is 11.4. The fraction of sp³-hybridized carbons (Fsp3) is 1.00. The maximum atomic E-state index is 3.98. The first-order valence-corrected chi connectivity index (χ1v) is 9.48. The van der Waals surface area contributed by atoms with E-state index >= 15 is 0 Å². The van der Waals surface area contributed by atoms with Crippen LogP contribution in [0.3, 0.4) is 0 Å². The molecule has 3 rings (SSSR count). The van der Waals surface area contributed by atoms with Gasteiger partial charge in [0.15, 0.2) is 0 Å². The number of hydrogen-bond acceptors (Lipinski definition) is 3. The molecule has 3 nitrogen and oxygen atoms in total. The number of hydrogen-bond donors (Lipinski definition) is 1. The maximum absolute atomic E-state index is 3.98. The molecule has 2 saturated heterocycles. The van der Waals surface area contributed by atoms with Crippen LogP contribution in [0.15, 0.2) is 0 Å². The van der Waals surface area contributed by atoms with Crippen molar-refractivity contribution in [1.29, 1.82) is 0 Å². The predicted molar refractivity (Wildman–Crippen MR) is 89.7 cm³/mol. The zero-order chi connectivity index (χ0) is 14.7. The van der Waals surface area contributed by atoms with Gasteiger partial charge in [-0.3, -0.25) is 0 Å². The highest BCUT2D eigenvalue weighted by Crippen LogP contribution is 2.29.